The fourth-order valence-corrected chi connectivity index (χ4v) is 8.18. The Morgan fingerprint density at radius 1 is 1.09 bits per heavy atom. The smallest absolute Gasteiger partial charge is 0.307 e. The monoisotopic (exact) mass is 467 g/mol. The number of allylic oxidation sites excluding steroid dienone is 2. The second kappa shape index (κ2) is 10.9. The number of nitrogens with zero attached hydrogens (tertiary/aromatic N) is 1. The number of oxime groups is 1. The molecule has 0 aliphatic heterocycles. The molecule has 1 N–H and O–H groups in total. The minimum atomic E-state index is -0.736. The summed E-state index contributed by atoms with van der Waals surface area (Å²) in [5.74, 6) is 5.45. The van der Waals surface area contributed by atoms with Gasteiger partial charge in [0, 0.05) is 11.8 Å². The number of carbonyl (C=O) groups excluding carboxylic acids is 1. The fourth-order valence-electron chi connectivity index (χ4n) is 8.18. The van der Waals surface area contributed by atoms with E-state index in [4.69, 9.17) is 11.2 Å². The van der Waals surface area contributed by atoms with Gasteiger partial charge in [0.15, 0.2) is 5.60 Å². The predicted molar refractivity (Wildman–Crippen MR) is 137 cm³/mol. The van der Waals surface area contributed by atoms with Crippen molar-refractivity contribution < 1.29 is 14.7 Å². The first-order valence-corrected chi connectivity index (χ1v) is 14.1. The molecule has 0 spiro atoms. The van der Waals surface area contributed by atoms with Crippen molar-refractivity contribution in [2.45, 2.75) is 122 Å². The molecule has 4 heteroatoms. The molecule has 4 rings (SSSR count). The zero-order chi connectivity index (χ0) is 24.2. The van der Waals surface area contributed by atoms with Crippen molar-refractivity contribution in [2.75, 3.05) is 0 Å². The van der Waals surface area contributed by atoms with Gasteiger partial charge in [0.1, 0.15) is 0 Å². The number of ether oxygens (including phenoxy) is 1. The highest BCUT2D eigenvalue weighted by Gasteiger charge is 2.64. The molecular weight excluding hydrogens is 422 g/mol. The van der Waals surface area contributed by atoms with Crippen LogP contribution in [-0.2, 0) is 9.53 Å². The average Bonchev–Trinajstić information content (AvgIpc) is 3.15. The van der Waals surface area contributed by atoms with Gasteiger partial charge in [0.05, 0.1) is 5.71 Å². The maximum absolute atomic E-state index is 12.9. The Hall–Kier alpha value is -1.76. The number of rotatable bonds is 9. The molecule has 0 saturated heterocycles. The van der Waals surface area contributed by atoms with E-state index in [0.29, 0.717) is 30.1 Å². The Morgan fingerprint density at radius 3 is 2.59 bits per heavy atom. The Balaban J connectivity index is 1.37. The van der Waals surface area contributed by atoms with Crippen LogP contribution < -0.4 is 0 Å². The lowest BCUT2D eigenvalue weighted by Gasteiger charge is -2.55. The maximum Gasteiger partial charge on any atom is 0.307 e. The van der Waals surface area contributed by atoms with Gasteiger partial charge < -0.3 is 9.94 Å². The van der Waals surface area contributed by atoms with E-state index in [2.05, 4.69) is 31.0 Å². The number of hydrogen-bond acceptors (Lipinski definition) is 4. The Labute approximate surface area is 207 Å². The predicted octanol–water partition coefficient (Wildman–Crippen LogP) is 7.45. The molecule has 188 valence electrons. The van der Waals surface area contributed by atoms with Crippen LogP contribution in [0.2, 0.25) is 0 Å². The molecule has 6 atom stereocenters. The zero-order valence-electron chi connectivity index (χ0n) is 21.5. The summed E-state index contributed by atoms with van der Waals surface area (Å²) < 4.78 is 6.25. The third-order valence-electron chi connectivity index (χ3n) is 10.1. The van der Waals surface area contributed by atoms with Crippen LogP contribution in [0.1, 0.15) is 117 Å². The van der Waals surface area contributed by atoms with Crippen molar-refractivity contribution >= 4 is 11.7 Å². The van der Waals surface area contributed by atoms with E-state index in [1.54, 1.807) is 0 Å². The quantitative estimate of drug-likeness (QED) is 0.126. The molecule has 34 heavy (non-hydrogen) atoms. The number of unbranched alkanes of at least 4 members (excludes halogenated alkanes) is 6. The molecular formula is C30H45NO3. The molecule has 4 nitrogen and oxygen atoms in total. The summed E-state index contributed by atoms with van der Waals surface area (Å²) in [6.45, 7) is 4.56. The molecule has 0 unspecified atom stereocenters. The molecule has 4 aliphatic carbocycles. The highest BCUT2D eigenvalue weighted by molar-refractivity contribution is 5.96. The largest absolute Gasteiger partial charge is 0.445 e. The Morgan fingerprint density at radius 2 is 1.85 bits per heavy atom. The summed E-state index contributed by atoms with van der Waals surface area (Å²) in [5, 5.41) is 12.7. The van der Waals surface area contributed by atoms with Crippen LogP contribution in [0.25, 0.3) is 0 Å². The molecule has 0 aromatic heterocycles. The molecule has 0 aromatic rings. The highest BCUT2D eigenvalue weighted by atomic mass is 16.6. The van der Waals surface area contributed by atoms with Gasteiger partial charge in [-0.25, -0.2) is 0 Å². The van der Waals surface area contributed by atoms with Crippen molar-refractivity contribution in [3.63, 3.8) is 0 Å². The van der Waals surface area contributed by atoms with E-state index >= 15 is 0 Å². The van der Waals surface area contributed by atoms with Crippen molar-refractivity contribution in [3.05, 3.63) is 11.6 Å². The normalized spacial score (nSPS) is 37.8. The summed E-state index contributed by atoms with van der Waals surface area (Å²) >= 11 is 0. The second-order valence-electron chi connectivity index (χ2n) is 11.7. The van der Waals surface area contributed by atoms with E-state index in [9.17, 15) is 10.0 Å². The topological polar surface area (TPSA) is 58.9 Å². The van der Waals surface area contributed by atoms with Gasteiger partial charge in [0.25, 0.3) is 0 Å². The van der Waals surface area contributed by atoms with Crippen molar-refractivity contribution in [1.29, 1.82) is 0 Å². The van der Waals surface area contributed by atoms with Crippen molar-refractivity contribution in [3.8, 4) is 12.3 Å². The van der Waals surface area contributed by atoms with Crippen LogP contribution in [0, 0.1) is 41.4 Å². The average molecular weight is 468 g/mol. The third-order valence-corrected chi connectivity index (χ3v) is 10.1. The van der Waals surface area contributed by atoms with Crippen LogP contribution >= 0.6 is 0 Å². The SMILES string of the molecule is C#C[C@]1(OC(=O)CCCCCCCCC)CC[C@H]2[C@@H]3CCC4=CC(=NO)CC[C@@H]4[C@H]3CC[C@@]21C. The Bertz CT molecular complexity index is 838. The molecule has 0 amide bonds. The first kappa shape index (κ1) is 25.3. The summed E-state index contributed by atoms with van der Waals surface area (Å²) in [6.07, 6.45) is 25.5. The molecule has 3 saturated carbocycles. The number of terminal acetylenes is 1. The lowest BCUT2D eigenvalue weighted by Crippen LogP contribution is -2.53. The van der Waals surface area contributed by atoms with E-state index in [1.807, 2.05) is 0 Å². The number of hydrogen-bond donors (Lipinski definition) is 1. The van der Waals surface area contributed by atoms with Crippen LogP contribution in [-0.4, -0.2) is 22.5 Å². The van der Waals surface area contributed by atoms with E-state index in [1.165, 1.54) is 44.1 Å². The van der Waals surface area contributed by atoms with Gasteiger partial charge in [0.2, 0.25) is 0 Å². The van der Waals surface area contributed by atoms with Crippen LogP contribution in [0.4, 0.5) is 0 Å². The lowest BCUT2D eigenvalue weighted by molar-refractivity contribution is -0.170. The minimum absolute atomic E-state index is 0.0903. The van der Waals surface area contributed by atoms with Crippen LogP contribution in [0.5, 0.6) is 0 Å². The third kappa shape index (κ3) is 4.69. The van der Waals surface area contributed by atoms with E-state index < -0.39 is 5.60 Å². The number of fused-ring (bicyclic) bond motifs is 5. The first-order chi connectivity index (χ1) is 16.5. The van der Waals surface area contributed by atoms with Crippen LogP contribution in [0.15, 0.2) is 16.8 Å². The number of esters is 1. The molecule has 0 heterocycles. The van der Waals surface area contributed by atoms with Gasteiger partial charge in [-0.15, -0.1) is 6.42 Å². The fraction of sp³-hybridized carbons (Fsp3) is 0.800. The highest BCUT2D eigenvalue weighted by Crippen LogP contribution is 2.65. The molecule has 4 aliphatic rings. The Kier molecular flexibility index (Phi) is 8.11. The van der Waals surface area contributed by atoms with Gasteiger partial charge in [-0.3, -0.25) is 4.79 Å². The minimum Gasteiger partial charge on any atom is -0.445 e. The van der Waals surface area contributed by atoms with Gasteiger partial charge >= 0.3 is 5.97 Å². The lowest BCUT2D eigenvalue weighted by atomic mass is 9.50. The summed E-state index contributed by atoms with van der Waals surface area (Å²) in [4.78, 5) is 12.9. The number of carbonyl (C=O) groups is 1. The summed E-state index contributed by atoms with van der Waals surface area (Å²) in [6, 6.07) is 0. The molecule has 0 aromatic carbocycles. The van der Waals surface area contributed by atoms with Gasteiger partial charge in [-0.1, -0.05) is 69.0 Å². The molecule has 0 bridgehead atoms. The van der Waals surface area contributed by atoms with E-state index in [-0.39, 0.29) is 11.4 Å². The standard InChI is InChI=1S/C30H45NO3/c1-4-6-7-8-9-10-11-12-28(32)34-30(5-2)20-18-27-26-15-13-22-21-23(31-33)14-16-24(22)25(26)17-19-29(27,30)3/h2,21,24-27,33H,4,6-20H2,1,3H3/t24-,25+,26+,27-,29-,30-/m0/s1. The maximum atomic E-state index is 12.9. The zero-order valence-corrected chi connectivity index (χ0v) is 21.5. The van der Waals surface area contributed by atoms with Crippen molar-refractivity contribution in [1.82, 2.24) is 0 Å². The van der Waals surface area contributed by atoms with Crippen molar-refractivity contribution in [2.24, 2.45) is 34.2 Å². The van der Waals surface area contributed by atoms with E-state index in [0.717, 1.165) is 63.5 Å². The van der Waals surface area contributed by atoms with Gasteiger partial charge in [-0.2, -0.15) is 0 Å². The molecule has 3 fully saturated rings. The second-order valence-corrected chi connectivity index (χ2v) is 11.7. The molecule has 0 radical (unpaired) electrons. The van der Waals surface area contributed by atoms with Crippen LogP contribution in [0.3, 0.4) is 0 Å². The summed E-state index contributed by atoms with van der Waals surface area (Å²) in [7, 11) is 0. The summed E-state index contributed by atoms with van der Waals surface area (Å²) in [5.41, 5.74) is 1.48. The first-order valence-electron chi connectivity index (χ1n) is 14.1. The van der Waals surface area contributed by atoms with Gasteiger partial charge in [-0.05, 0) is 87.5 Å².